The summed E-state index contributed by atoms with van der Waals surface area (Å²) in [5.74, 6) is -1.35. The predicted octanol–water partition coefficient (Wildman–Crippen LogP) is 3.50. The van der Waals surface area contributed by atoms with Crippen molar-refractivity contribution >= 4 is 11.4 Å². The van der Waals surface area contributed by atoms with Crippen molar-refractivity contribution in [1.82, 2.24) is 0 Å². The first kappa shape index (κ1) is 16.4. The molecule has 0 N–H and O–H groups in total. The molecule has 0 saturated carbocycles. The average Bonchev–Trinajstić information content (AvgIpc) is 2.46. The molecule has 0 unspecified atom stereocenters. The molecule has 120 valence electrons. The van der Waals surface area contributed by atoms with Crippen molar-refractivity contribution in [3.05, 3.63) is 79.4 Å². The lowest BCUT2D eigenvalue weighted by atomic mass is 10.1. The molecule has 7 nitrogen and oxygen atoms in total. The molecule has 0 amide bonds. The number of benzene rings is 2. The van der Waals surface area contributed by atoms with Crippen molar-refractivity contribution in [3.63, 3.8) is 0 Å². The van der Waals surface area contributed by atoms with Gasteiger partial charge in [-0.15, -0.1) is 0 Å². The maximum atomic E-state index is 13.2. The summed E-state index contributed by atoms with van der Waals surface area (Å²) in [4.78, 5) is 20.3. The Balaban J connectivity index is 2.15. The van der Waals surface area contributed by atoms with Crippen molar-refractivity contribution in [3.8, 4) is 0 Å². The van der Waals surface area contributed by atoms with E-state index in [1.54, 1.807) is 0 Å². The molecule has 0 aliphatic rings. The quantitative estimate of drug-likeness (QED) is 0.598. The second-order valence-electron chi connectivity index (χ2n) is 4.55. The van der Waals surface area contributed by atoms with E-state index < -0.39 is 21.5 Å². The number of nitro benzene ring substituents is 2. The summed E-state index contributed by atoms with van der Waals surface area (Å²) >= 11 is 0. The summed E-state index contributed by atoms with van der Waals surface area (Å²) in [6.07, 6.45) is 0. The molecular weight excluding hydrogens is 314 g/mol. The van der Waals surface area contributed by atoms with Crippen LogP contribution in [-0.2, 0) is 18.0 Å². The molecule has 0 fully saturated rings. The number of nitro groups is 2. The largest absolute Gasteiger partial charge is 0.372 e. The first-order valence-electron chi connectivity index (χ1n) is 6.32. The van der Waals surface area contributed by atoms with Crippen LogP contribution in [0.4, 0.5) is 20.2 Å². The maximum absolute atomic E-state index is 13.2. The SMILES string of the molecule is O=[N+]([O-])c1ccc(F)cc1COCc1cc(F)ccc1[N+](=O)[O-]. The minimum Gasteiger partial charge on any atom is -0.372 e. The highest BCUT2D eigenvalue weighted by atomic mass is 19.1. The zero-order valence-corrected chi connectivity index (χ0v) is 11.6. The molecule has 2 aromatic rings. The smallest absolute Gasteiger partial charge is 0.275 e. The highest BCUT2D eigenvalue weighted by molar-refractivity contribution is 5.41. The molecule has 0 radical (unpaired) electrons. The van der Waals surface area contributed by atoms with E-state index in [0.29, 0.717) is 0 Å². The van der Waals surface area contributed by atoms with E-state index in [2.05, 4.69) is 0 Å². The Morgan fingerprint density at radius 3 is 1.57 bits per heavy atom. The van der Waals surface area contributed by atoms with E-state index in [1.807, 2.05) is 0 Å². The van der Waals surface area contributed by atoms with Crippen LogP contribution < -0.4 is 0 Å². The van der Waals surface area contributed by atoms with Gasteiger partial charge in [-0.3, -0.25) is 20.2 Å². The molecule has 0 atom stereocenters. The molecule has 0 aliphatic heterocycles. The molecule has 0 aliphatic carbocycles. The highest BCUT2D eigenvalue weighted by Gasteiger charge is 2.17. The predicted molar refractivity (Wildman–Crippen MR) is 74.6 cm³/mol. The normalized spacial score (nSPS) is 10.5. The third-order valence-electron chi connectivity index (χ3n) is 2.99. The van der Waals surface area contributed by atoms with Gasteiger partial charge < -0.3 is 4.74 Å². The maximum Gasteiger partial charge on any atom is 0.275 e. The summed E-state index contributed by atoms with van der Waals surface area (Å²) in [6.45, 7) is -0.691. The van der Waals surface area contributed by atoms with Gasteiger partial charge in [0, 0.05) is 12.1 Å². The molecule has 0 bridgehead atoms. The lowest BCUT2D eigenvalue weighted by Crippen LogP contribution is -2.02. The fourth-order valence-corrected chi connectivity index (χ4v) is 1.97. The Labute approximate surface area is 128 Å². The van der Waals surface area contributed by atoms with Crippen molar-refractivity contribution < 1.29 is 23.4 Å². The number of hydrogen-bond acceptors (Lipinski definition) is 5. The monoisotopic (exact) mass is 324 g/mol. The molecule has 0 spiro atoms. The van der Waals surface area contributed by atoms with Crippen LogP contribution in [0.25, 0.3) is 0 Å². The molecule has 0 saturated heterocycles. The molecule has 0 aromatic heterocycles. The van der Waals surface area contributed by atoms with E-state index >= 15 is 0 Å². The number of rotatable bonds is 6. The van der Waals surface area contributed by atoms with Gasteiger partial charge in [0.1, 0.15) is 11.6 Å². The topological polar surface area (TPSA) is 95.5 Å². The second kappa shape index (κ2) is 6.88. The van der Waals surface area contributed by atoms with Crippen molar-refractivity contribution in [2.75, 3.05) is 0 Å². The molecule has 23 heavy (non-hydrogen) atoms. The Morgan fingerprint density at radius 1 is 0.826 bits per heavy atom. The van der Waals surface area contributed by atoms with Gasteiger partial charge in [0.05, 0.1) is 34.2 Å². The van der Waals surface area contributed by atoms with Crippen LogP contribution in [0.3, 0.4) is 0 Å². The zero-order chi connectivity index (χ0) is 17.0. The lowest BCUT2D eigenvalue weighted by molar-refractivity contribution is -0.386. The summed E-state index contributed by atoms with van der Waals surface area (Å²) in [7, 11) is 0. The van der Waals surface area contributed by atoms with Gasteiger partial charge in [0.15, 0.2) is 0 Å². The van der Waals surface area contributed by atoms with E-state index in [0.717, 1.165) is 36.4 Å². The Kier molecular flexibility index (Phi) is 4.91. The third kappa shape index (κ3) is 4.04. The molecule has 2 aromatic carbocycles. The van der Waals surface area contributed by atoms with Crippen LogP contribution in [0.2, 0.25) is 0 Å². The summed E-state index contributed by atoms with van der Waals surface area (Å²) in [5, 5.41) is 21.7. The molecule has 9 heteroatoms. The third-order valence-corrected chi connectivity index (χ3v) is 2.99. The van der Waals surface area contributed by atoms with Crippen LogP contribution in [0, 0.1) is 31.9 Å². The van der Waals surface area contributed by atoms with Gasteiger partial charge in [0.2, 0.25) is 0 Å². The van der Waals surface area contributed by atoms with Gasteiger partial charge in [0.25, 0.3) is 11.4 Å². The van der Waals surface area contributed by atoms with Crippen molar-refractivity contribution in [1.29, 1.82) is 0 Å². The molecular formula is C14H10F2N2O5. The number of nitrogens with zero attached hydrogens (tertiary/aromatic N) is 2. The van der Waals surface area contributed by atoms with Crippen LogP contribution >= 0.6 is 0 Å². The van der Waals surface area contributed by atoms with E-state index in [4.69, 9.17) is 4.74 Å². The second-order valence-corrected chi connectivity index (χ2v) is 4.55. The molecule has 0 heterocycles. The average molecular weight is 324 g/mol. The first-order valence-corrected chi connectivity index (χ1v) is 6.32. The van der Waals surface area contributed by atoms with Crippen LogP contribution in [0.1, 0.15) is 11.1 Å². The number of ether oxygens (including phenoxy) is 1. The standard InChI is InChI=1S/C14H10F2N2O5/c15-11-1-3-13(17(19)20)9(5-11)7-23-8-10-6-12(16)2-4-14(10)18(21)22/h1-6H,7-8H2. The summed E-state index contributed by atoms with van der Waals surface area (Å²) in [5.41, 5.74) is -0.705. The Bertz CT molecular complexity index is 703. The van der Waals surface area contributed by atoms with Gasteiger partial charge in [-0.2, -0.15) is 0 Å². The zero-order valence-electron chi connectivity index (χ0n) is 11.6. The number of halogens is 2. The van der Waals surface area contributed by atoms with Gasteiger partial charge in [-0.1, -0.05) is 0 Å². The Hall–Kier alpha value is -2.94. The minimum atomic E-state index is -0.692. The van der Waals surface area contributed by atoms with Crippen molar-refractivity contribution in [2.45, 2.75) is 13.2 Å². The fraction of sp³-hybridized carbons (Fsp3) is 0.143. The first-order chi connectivity index (χ1) is 10.9. The van der Waals surface area contributed by atoms with Crippen LogP contribution in [0.15, 0.2) is 36.4 Å². The Morgan fingerprint density at radius 2 is 1.22 bits per heavy atom. The molecule has 2 rings (SSSR count). The van der Waals surface area contributed by atoms with Crippen molar-refractivity contribution in [2.24, 2.45) is 0 Å². The highest BCUT2D eigenvalue weighted by Crippen LogP contribution is 2.23. The summed E-state index contributed by atoms with van der Waals surface area (Å²) in [6, 6.07) is 5.77. The number of hydrogen-bond donors (Lipinski definition) is 0. The minimum absolute atomic E-state index is 0.0194. The van der Waals surface area contributed by atoms with Gasteiger partial charge in [-0.05, 0) is 24.3 Å². The van der Waals surface area contributed by atoms with Gasteiger partial charge >= 0.3 is 0 Å². The van der Waals surface area contributed by atoms with Crippen LogP contribution in [0.5, 0.6) is 0 Å². The van der Waals surface area contributed by atoms with Crippen LogP contribution in [-0.4, -0.2) is 9.85 Å². The lowest BCUT2D eigenvalue weighted by Gasteiger charge is -2.06. The van der Waals surface area contributed by atoms with E-state index in [1.165, 1.54) is 0 Å². The van der Waals surface area contributed by atoms with E-state index in [9.17, 15) is 29.0 Å². The summed E-state index contributed by atoms with van der Waals surface area (Å²) < 4.78 is 31.5. The van der Waals surface area contributed by atoms with Gasteiger partial charge in [-0.25, -0.2) is 8.78 Å². The fourth-order valence-electron chi connectivity index (χ4n) is 1.97. The van der Waals surface area contributed by atoms with E-state index in [-0.39, 0.29) is 35.7 Å².